The van der Waals surface area contributed by atoms with Crippen LogP contribution in [0.5, 0.6) is 0 Å². The first kappa shape index (κ1) is 4.91. The van der Waals surface area contributed by atoms with Crippen LogP contribution in [-0.4, -0.2) is 23.3 Å². The molecule has 1 N–H and O–H groups in total. The lowest BCUT2D eigenvalue weighted by Crippen LogP contribution is -2.34. The number of aliphatic hydroxyl groups is 1. The van der Waals surface area contributed by atoms with Gasteiger partial charge in [0.2, 0.25) is 0 Å². The predicted octanol–water partition coefficient (Wildman–Crippen LogP) is 0.486. The predicted molar refractivity (Wildman–Crippen MR) is 37.5 cm³/mol. The van der Waals surface area contributed by atoms with Gasteiger partial charge in [-0.15, -0.1) is 0 Å². The highest BCUT2D eigenvalue weighted by Crippen LogP contribution is 2.05. The molecular formula is C7H12O3. The Morgan fingerprint density at radius 1 is 2.10 bits per heavy atom. The molecule has 0 aliphatic rings. The number of hydrogen-bond acceptors (Lipinski definition) is 3. The van der Waals surface area contributed by atoms with Crippen molar-refractivity contribution < 1.29 is 18.8 Å². The van der Waals surface area contributed by atoms with Gasteiger partial charge in [-0.1, -0.05) is 6.58 Å². The van der Waals surface area contributed by atoms with E-state index in [1.54, 1.807) is 0 Å². The Hall–Kier alpha value is -0.830. The highest BCUT2D eigenvalue weighted by Gasteiger charge is 2.27. The third kappa shape index (κ3) is 2.19. The average Bonchev–Trinajstić information content (AvgIpc) is 2.01. The van der Waals surface area contributed by atoms with Gasteiger partial charge in [0, 0.05) is 4.11 Å². The molecule has 0 aromatic carbocycles. The van der Waals surface area contributed by atoms with Crippen molar-refractivity contribution in [2.75, 3.05) is 6.61 Å². The van der Waals surface area contributed by atoms with E-state index in [0.717, 1.165) is 0 Å². The largest absolute Gasteiger partial charge is 0.464 e. The first-order chi connectivity index (χ1) is 5.79. The first-order valence-corrected chi connectivity index (χ1v) is 2.82. The summed E-state index contributed by atoms with van der Waals surface area (Å²) in [6.07, 6.45) is 0.665. The molecule has 58 valence electrons. The normalized spacial score (nSPS) is 21.2. The van der Waals surface area contributed by atoms with E-state index >= 15 is 0 Å². The summed E-state index contributed by atoms with van der Waals surface area (Å²) in [6, 6.07) is 0. The maximum absolute atomic E-state index is 11.0. The summed E-state index contributed by atoms with van der Waals surface area (Å²) in [7, 11) is 0. The molecule has 0 rings (SSSR count). The summed E-state index contributed by atoms with van der Waals surface area (Å²) < 4.78 is 25.1. The minimum Gasteiger partial charge on any atom is -0.464 e. The van der Waals surface area contributed by atoms with Crippen LogP contribution >= 0.6 is 0 Å². The molecule has 0 aromatic rings. The smallest absolute Gasteiger partial charge is 0.341 e. The summed E-state index contributed by atoms with van der Waals surface area (Å²) >= 11 is 0. The van der Waals surface area contributed by atoms with Crippen LogP contribution < -0.4 is 0 Å². The van der Waals surface area contributed by atoms with Gasteiger partial charge in [0.1, 0.15) is 0 Å². The second-order valence-electron chi connectivity index (χ2n) is 1.69. The van der Waals surface area contributed by atoms with Crippen molar-refractivity contribution in [3.63, 3.8) is 0 Å². The van der Waals surface area contributed by atoms with Crippen molar-refractivity contribution in [1.82, 2.24) is 0 Å². The summed E-state index contributed by atoms with van der Waals surface area (Å²) in [5.41, 5.74) is -2.61. The molecule has 0 amide bonds. The van der Waals surface area contributed by atoms with Crippen LogP contribution in [0.15, 0.2) is 12.7 Å². The van der Waals surface area contributed by atoms with Gasteiger partial charge in [0.25, 0.3) is 0 Å². The molecule has 3 heteroatoms. The van der Waals surface area contributed by atoms with Gasteiger partial charge in [-0.3, -0.25) is 0 Å². The number of carbonyl (C=O) groups is 1. The van der Waals surface area contributed by atoms with Crippen molar-refractivity contribution in [3.8, 4) is 0 Å². The van der Waals surface area contributed by atoms with Crippen LogP contribution in [0.1, 0.15) is 17.9 Å². The second-order valence-corrected chi connectivity index (χ2v) is 1.69. The second kappa shape index (κ2) is 3.37. The van der Waals surface area contributed by atoms with Gasteiger partial charge < -0.3 is 9.84 Å². The van der Waals surface area contributed by atoms with Gasteiger partial charge in [0.05, 0.1) is 6.61 Å². The molecule has 0 saturated carbocycles. The Morgan fingerprint density at radius 2 is 2.70 bits per heavy atom. The lowest BCUT2D eigenvalue weighted by atomic mass is 10.6. The van der Waals surface area contributed by atoms with E-state index in [2.05, 4.69) is 11.3 Å². The zero-order valence-corrected chi connectivity index (χ0v) is 5.76. The molecule has 0 radical (unpaired) electrons. The third-order valence-corrected chi connectivity index (χ3v) is 0.882. The molecular weight excluding hydrogens is 134 g/mol. The van der Waals surface area contributed by atoms with Crippen LogP contribution in [0.2, 0.25) is 0 Å². The minimum absolute atomic E-state index is 0.00502. The number of rotatable bonds is 3. The van der Waals surface area contributed by atoms with E-state index in [9.17, 15) is 9.90 Å². The third-order valence-electron chi connectivity index (χ3n) is 0.882. The zero-order valence-electron chi connectivity index (χ0n) is 8.76. The van der Waals surface area contributed by atoms with Gasteiger partial charge in [0.15, 0.2) is 5.60 Å². The molecule has 0 bridgehead atoms. The fraction of sp³-hybridized carbons (Fsp3) is 0.571. The summed E-state index contributed by atoms with van der Waals surface area (Å²) in [6.45, 7) is 1.75. The topological polar surface area (TPSA) is 46.5 Å². The van der Waals surface area contributed by atoms with E-state index in [-0.39, 0.29) is 6.61 Å². The van der Waals surface area contributed by atoms with Crippen LogP contribution in [0.3, 0.4) is 0 Å². The van der Waals surface area contributed by atoms with Crippen molar-refractivity contribution in [1.29, 1.82) is 0 Å². The molecule has 0 saturated heterocycles. The van der Waals surface area contributed by atoms with Crippen LogP contribution in [0.4, 0.5) is 0 Å². The number of hydrogen-bond donors (Lipinski definition) is 1. The van der Waals surface area contributed by atoms with Gasteiger partial charge in [-0.05, 0) is 19.9 Å². The van der Waals surface area contributed by atoms with Crippen molar-refractivity contribution in [3.05, 3.63) is 12.7 Å². The maximum Gasteiger partial charge on any atom is 0.341 e. The van der Waals surface area contributed by atoms with Crippen LogP contribution in [0, 0.1) is 0 Å². The molecule has 0 aliphatic heterocycles. The standard InChI is InChI=1S/C7H12O3/c1-4-7(3,9)6(8)10-5-2/h4,9H,1,5H2,2-3H3/i3D3,6+1,7+1. The quantitative estimate of drug-likeness (QED) is 0.361. The molecule has 0 fully saturated rings. The average molecular weight is 149 g/mol. The monoisotopic (exact) mass is 149 g/mol. The van der Waals surface area contributed by atoms with E-state index in [1.807, 2.05) is 0 Å². The number of carbonyl (C=O) groups excluding carboxylic acids is 1. The number of esters is 1. The summed E-state index contributed by atoms with van der Waals surface area (Å²) in [4.78, 5) is 11.0. The van der Waals surface area contributed by atoms with E-state index in [4.69, 9.17) is 4.11 Å². The lowest BCUT2D eigenvalue weighted by Gasteiger charge is -2.15. The SMILES string of the molecule is [2H]C([2H])([2H])[13C](O)(C=C)[13C](=O)OCC. The fourth-order valence-electron chi connectivity index (χ4n) is 0.324. The van der Waals surface area contributed by atoms with E-state index < -0.39 is 18.4 Å². The molecule has 0 heterocycles. The summed E-state index contributed by atoms with van der Waals surface area (Å²) in [5, 5.41) is 9.40. The Bertz CT molecular complexity index is 212. The van der Waals surface area contributed by atoms with Gasteiger partial charge >= 0.3 is 5.97 Å². The Balaban J connectivity index is 4.84. The summed E-state index contributed by atoms with van der Waals surface area (Å²) in [5.74, 6) is -1.20. The van der Waals surface area contributed by atoms with E-state index in [0.29, 0.717) is 6.08 Å². The van der Waals surface area contributed by atoms with Gasteiger partial charge in [-0.25, -0.2) is 4.79 Å². The minimum atomic E-state index is -2.86. The highest BCUT2D eigenvalue weighted by molar-refractivity contribution is 5.80. The molecule has 0 aromatic heterocycles. The Labute approximate surface area is 64.5 Å². The molecule has 3 nitrogen and oxygen atoms in total. The molecule has 0 spiro atoms. The molecule has 0 aliphatic carbocycles. The lowest BCUT2D eigenvalue weighted by molar-refractivity contribution is -0.158. The van der Waals surface area contributed by atoms with Crippen molar-refractivity contribution >= 4 is 5.97 Å². The first-order valence-electron chi connectivity index (χ1n) is 4.32. The van der Waals surface area contributed by atoms with E-state index in [1.165, 1.54) is 6.92 Å². The molecule has 1 unspecified atom stereocenters. The van der Waals surface area contributed by atoms with Crippen molar-refractivity contribution in [2.24, 2.45) is 0 Å². The Kier molecular flexibility index (Phi) is 1.65. The van der Waals surface area contributed by atoms with Gasteiger partial charge in [-0.2, -0.15) is 0 Å². The zero-order chi connectivity index (χ0) is 10.7. The van der Waals surface area contributed by atoms with Crippen molar-refractivity contribution in [2.45, 2.75) is 19.4 Å². The number of ether oxygens (including phenoxy) is 1. The Morgan fingerprint density at radius 3 is 3.00 bits per heavy atom. The maximum atomic E-state index is 11.0. The van der Waals surface area contributed by atoms with Crippen LogP contribution in [0.25, 0.3) is 0 Å². The highest BCUT2D eigenvalue weighted by atomic mass is 16.7. The van der Waals surface area contributed by atoms with Crippen LogP contribution in [-0.2, 0) is 9.53 Å². The fourth-order valence-corrected chi connectivity index (χ4v) is 0.324. The molecule has 10 heavy (non-hydrogen) atoms. The molecule has 1 atom stereocenters.